The maximum atomic E-state index is 13.1. The van der Waals surface area contributed by atoms with Gasteiger partial charge in [0.25, 0.3) is 5.91 Å². The topological polar surface area (TPSA) is 63.2 Å². The van der Waals surface area contributed by atoms with Crippen LogP contribution in [0.2, 0.25) is 0 Å². The lowest BCUT2D eigenvalue weighted by Gasteiger charge is -2.24. The number of carbonyl (C=O) groups excluding carboxylic acids is 1. The molecule has 0 unspecified atom stereocenters. The highest BCUT2D eigenvalue weighted by Gasteiger charge is 2.39. The lowest BCUT2D eigenvalue weighted by molar-refractivity contribution is -0.130. The third-order valence-corrected chi connectivity index (χ3v) is 5.27. The zero-order valence-electron chi connectivity index (χ0n) is 12.1. The molecule has 1 aromatic rings. The number of halogens is 3. The SMILES string of the molecule is O=C(NC1CCS(=O)(=O)CC1)/C(=C/c1ccccc1)C(F)(F)F. The normalized spacial score (nSPS) is 19.3. The maximum Gasteiger partial charge on any atom is 0.421 e. The second-order valence-corrected chi connectivity index (χ2v) is 7.67. The van der Waals surface area contributed by atoms with Crippen LogP contribution in [0, 0.1) is 0 Å². The van der Waals surface area contributed by atoms with Crippen molar-refractivity contribution in [2.75, 3.05) is 11.5 Å². The fraction of sp³-hybridized carbons (Fsp3) is 0.400. The molecule has 4 nitrogen and oxygen atoms in total. The lowest BCUT2D eigenvalue weighted by Crippen LogP contribution is -2.43. The van der Waals surface area contributed by atoms with Crippen molar-refractivity contribution in [3.63, 3.8) is 0 Å². The fourth-order valence-electron chi connectivity index (χ4n) is 2.29. The Hall–Kier alpha value is -1.83. The van der Waals surface area contributed by atoms with Crippen molar-refractivity contribution in [3.8, 4) is 0 Å². The van der Waals surface area contributed by atoms with E-state index in [4.69, 9.17) is 0 Å². The lowest BCUT2D eigenvalue weighted by atomic mass is 10.1. The van der Waals surface area contributed by atoms with E-state index in [0.29, 0.717) is 0 Å². The quantitative estimate of drug-likeness (QED) is 0.854. The Morgan fingerprint density at radius 1 is 1.13 bits per heavy atom. The number of sulfone groups is 1. The van der Waals surface area contributed by atoms with E-state index in [-0.39, 0.29) is 29.9 Å². The summed E-state index contributed by atoms with van der Waals surface area (Å²) in [6.07, 6.45) is -3.75. The Labute approximate surface area is 132 Å². The zero-order chi connectivity index (χ0) is 17.1. The summed E-state index contributed by atoms with van der Waals surface area (Å²) in [5, 5.41) is 2.29. The van der Waals surface area contributed by atoms with Crippen molar-refractivity contribution in [2.45, 2.75) is 25.1 Å². The van der Waals surface area contributed by atoms with Gasteiger partial charge in [0.2, 0.25) is 0 Å². The number of hydrogen-bond acceptors (Lipinski definition) is 3. The molecular formula is C15H16F3NO3S. The van der Waals surface area contributed by atoms with Crippen LogP contribution in [-0.2, 0) is 14.6 Å². The molecule has 1 aromatic carbocycles. The van der Waals surface area contributed by atoms with Crippen LogP contribution in [0.1, 0.15) is 18.4 Å². The molecule has 0 atom stereocenters. The average molecular weight is 347 g/mol. The van der Waals surface area contributed by atoms with Crippen molar-refractivity contribution < 1.29 is 26.4 Å². The summed E-state index contributed by atoms with van der Waals surface area (Å²) < 4.78 is 61.9. The molecule has 1 amide bonds. The Morgan fingerprint density at radius 3 is 2.22 bits per heavy atom. The highest BCUT2D eigenvalue weighted by Crippen LogP contribution is 2.28. The van der Waals surface area contributed by atoms with E-state index in [2.05, 4.69) is 5.32 Å². The molecule has 2 rings (SSSR count). The van der Waals surface area contributed by atoms with Crippen LogP contribution in [0.25, 0.3) is 6.08 Å². The Bertz CT molecular complexity index is 682. The first-order chi connectivity index (χ1) is 10.7. The molecule has 8 heteroatoms. The third-order valence-electron chi connectivity index (χ3n) is 3.55. The van der Waals surface area contributed by atoms with Crippen LogP contribution in [0.5, 0.6) is 0 Å². The highest BCUT2D eigenvalue weighted by molar-refractivity contribution is 7.91. The Kier molecular flexibility index (Phi) is 5.13. The zero-order valence-corrected chi connectivity index (χ0v) is 13.0. The summed E-state index contributed by atoms with van der Waals surface area (Å²) in [7, 11) is -3.14. The number of alkyl halides is 3. The van der Waals surface area contributed by atoms with Gasteiger partial charge in [-0.05, 0) is 24.5 Å². The monoisotopic (exact) mass is 347 g/mol. The Balaban J connectivity index is 2.14. The first-order valence-electron chi connectivity index (χ1n) is 7.02. The number of nitrogens with one attached hydrogen (secondary N) is 1. The van der Waals surface area contributed by atoms with Gasteiger partial charge in [-0.2, -0.15) is 13.2 Å². The van der Waals surface area contributed by atoms with Crippen LogP contribution < -0.4 is 5.32 Å². The highest BCUT2D eigenvalue weighted by atomic mass is 32.2. The van der Waals surface area contributed by atoms with Gasteiger partial charge in [-0.25, -0.2) is 8.42 Å². The molecule has 0 saturated carbocycles. The number of amides is 1. The van der Waals surface area contributed by atoms with Crippen LogP contribution >= 0.6 is 0 Å². The summed E-state index contributed by atoms with van der Waals surface area (Å²) in [5.74, 6) is -1.48. The van der Waals surface area contributed by atoms with Gasteiger partial charge in [-0.3, -0.25) is 4.79 Å². The molecule has 0 bridgehead atoms. The minimum Gasteiger partial charge on any atom is -0.349 e. The van der Waals surface area contributed by atoms with Crippen molar-refractivity contribution in [1.29, 1.82) is 0 Å². The Morgan fingerprint density at radius 2 is 1.70 bits per heavy atom. The molecular weight excluding hydrogens is 331 g/mol. The predicted octanol–water partition coefficient (Wildman–Crippen LogP) is 2.33. The third kappa shape index (κ3) is 5.09. The van der Waals surface area contributed by atoms with Crippen molar-refractivity contribution in [3.05, 3.63) is 41.5 Å². The molecule has 126 valence electrons. The number of rotatable bonds is 3. The molecule has 23 heavy (non-hydrogen) atoms. The molecule has 1 aliphatic rings. The standard InChI is InChI=1S/C15H16F3NO3S/c16-15(17,18)13(10-11-4-2-1-3-5-11)14(20)19-12-6-8-23(21,22)9-7-12/h1-5,10,12H,6-9H2,(H,19,20)/b13-10-. The molecule has 1 saturated heterocycles. The van der Waals surface area contributed by atoms with Gasteiger partial charge in [-0.15, -0.1) is 0 Å². The van der Waals surface area contributed by atoms with E-state index in [0.717, 1.165) is 6.08 Å². The number of benzene rings is 1. The van der Waals surface area contributed by atoms with Crippen molar-refractivity contribution in [1.82, 2.24) is 5.32 Å². The summed E-state index contributed by atoms with van der Waals surface area (Å²) in [5.41, 5.74) is -1.03. The van der Waals surface area contributed by atoms with Crippen molar-refractivity contribution in [2.24, 2.45) is 0 Å². The van der Waals surface area contributed by atoms with Crippen LogP contribution in [0.15, 0.2) is 35.9 Å². The first-order valence-corrected chi connectivity index (χ1v) is 8.85. The van der Waals surface area contributed by atoms with E-state index >= 15 is 0 Å². The smallest absolute Gasteiger partial charge is 0.349 e. The van der Waals surface area contributed by atoms with E-state index in [9.17, 15) is 26.4 Å². The summed E-state index contributed by atoms with van der Waals surface area (Å²) in [6, 6.07) is 7.17. The predicted molar refractivity (Wildman–Crippen MR) is 80.3 cm³/mol. The van der Waals surface area contributed by atoms with Crippen LogP contribution in [-0.4, -0.2) is 38.0 Å². The molecule has 0 aliphatic carbocycles. The first kappa shape index (κ1) is 17.5. The van der Waals surface area contributed by atoms with Gasteiger partial charge in [-0.1, -0.05) is 30.3 Å². The second-order valence-electron chi connectivity index (χ2n) is 5.37. The molecule has 1 aliphatic heterocycles. The molecule has 1 fully saturated rings. The molecule has 0 aromatic heterocycles. The van der Waals surface area contributed by atoms with E-state index in [1.165, 1.54) is 12.1 Å². The van der Waals surface area contributed by atoms with Crippen LogP contribution in [0.4, 0.5) is 13.2 Å². The number of carbonyl (C=O) groups is 1. The summed E-state index contributed by atoms with van der Waals surface area (Å²) in [6.45, 7) is 0. The van der Waals surface area contributed by atoms with Gasteiger partial charge in [0.15, 0.2) is 0 Å². The van der Waals surface area contributed by atoms with E-state index < -0.39 is 33.5 Å². The largest absolute Gasteiger partial charge is 0.421 e. The van der Waals surface area contributed by atoms with Crippen molar-refractivity contribution >= 4 is 21.8 Å². The second kappa shape index (κ2) is 6.74. The van der Waals surface area contributed by atoms with Gasteiger partial charge in [0.05, 0.1) is 11.5 Å². The molecule has 1 N–H and O–H groups in total. The molecule has 1 heterocycles. The fourth-order valence-corrected chi connectivity index (χ4v) is 3.78. The van der Waals surface area contributed by atoms with Gasteiger partial charge in [0.1, 0.15) is 15.4 Å². The van der Waals surface area contributed by atoms with Gasteiger partial charge >= 0.3 is 6.18 Å². The molecule has 0 radical (unpaired) electrons. The minimum atomic E-state index is -4.79. The number of hydrogen-bond donors (Lipinski definition) is 1. The van der Waals surface area contributed by atoms with Gasteiger partial charge < -0.3 is 5.32 Å². The van der Waals surface area contributed by atoms with Crippen LogP contribution in [0.3, 0.4) is 0 Å². The minimum absolute atomic E-state index is 0.123. The van der Waals surface area contributed by atoms with E-state index in [1.807, 2.05) is 0 Å². The van der Waals surface area contributed by atoms with E-state index in [1.54, 1.807) is 18.2 Å². The van der Waals surface area contributed by atoms with Gasteiger partial charge in [0, 0.05) is 6.04 Å². The summed E-state index contributed by atoms with van der Waals surface area (Å²) >= 11 is 0. The maximum absolute atomic E-state index is 13.1. The average Bonchev–Trinajstić information content (AvgIpc) is 2.47. The molecule has 0 spiro atoms. The summed E-state index contributed by atoms with van der Waals surface area (Å²) in [4.78, 5) is 12.0.